The number of hydrogen-bond donors (Lipinski definition) is 0. The van der Waals surface area contributed by atoms with Crippen molar-refractivity contribution < 1.29 is 0 Å². The minimum atomic E-state index is 1.10. The fraction of sp³-hybridized carbons (Fsp3) is 0. The van der Waals surface area contributed by atoms with E-state index >= 15 is 0 Å². The predicted molar refractivity (Wildman–Crippen MR) is 247 cm³/mol. The van der Waals surface area contributed by atoms with Gasteiger partial charge in [-0.15, -0.1) is 0 Å². The lowest BCUT2D eigenvalue weighted by Crippen LogP contribution is -2.10. The van der Waals surface area contributed by atoms with Crippen molar-refractivity contribution in [3.8, 4) is 39.1 Å². The Morgan fingerprint density at radius 3 is 1.52 bits per heavy atom. The van der Waals surface area contributed by atoms with Gasteiger partial charge in [-0.25, -0.2) is 0 Å². The smallest absolute Gasteiger partial charge is 0.0541 e. The molecule has 11 rings (SSSR count). The summed E-state index contributed by atoms with van der Waals surface area (Å²) >= 11 is 0. The fourth-order valence-corrected chi connectivity index (χ4v) is 8.82. The summed E-state index contributed by atoms with van der Waals surface area (Å²) in [6, 6.07) is 83.7. The van der Waals surface area contributed by atoms with Gasteiger partial charge in [-0.05, 0) is 116 Å². The molecule has 58 heavy (non-hydrogen) atoms. The summed E-state index contributed by atoms with van der Waals surface area (Å²) in [6.45, 7) is 0. The zero-order valence-corrected chi connectivity index (χ0v) is 31.8. The fourth-order valence-electron chi connectivity index (χ4n) is 8.82. The molecule has 0 unspecified atom stereocenters. The number of anilines is 3. The van der Waals surface area contributed by atoms with E-state index in [0.717, 1.165) is 22.7 Å². The van der Waals surface area contributed by atoms with Gasteiger partial charge in [0.2, 0.25) is 0 Å². The van der Waals surface area contributed by atoms with Crippen molar-refractivity contribution >= 4 is 60.4 Å². The normalized spacial score (nSPS) is 11.4. The van der Waals surface area contributed by atoms with Crippen LogP contribution >= 0.6 is 0 Å². The molecule has 0 aliphatic carbocycles. The summed E-state index contributed by atoms with van der Waals surface area (Å²) in [7, 11) is 0. The van der Waals surface area contributed by atoms with Gasteiger partial charge < -0.3 is 9.47 Å². The van der Waals surface area contributed by atoms with Crippen LogP contribution < -0.4 is 4.90 Å². The predicted octanol–water partition coefficient (Wildman–Crippen LogP) is 15.6. The van der Waals surface area contributed by atoms with Crippen LogP contribution in [-0.2, 0) is 0 Å². The van der Waals surface area contributed by atoms with Crippen molar-refractivity contribution in [2.45, 2.75) is 0 Å². The van der Waals surface area contributed by atoms with Crippen molar-refractivity contribution in [1.29, 1.82) is 0 Å². The van der Waals surface area contributed by atoms with Gasteiger partial charge >= 0.3 is 0 Å². The molecule has 0 bridgehead atoms. The first-order chi connectivity index (χ1) is 28.8. The lowest BCUT2D eigenvalue weighted by Gasteiger charge is -2.27. The van der Waals surface area contributed by atoms with E-state index in [2.05, 4.69) is 240 Å². The molecular formula is C56H38N2. The van der Waals surface area contributed by atoms with Crippen LogP contribution in [0.25, 0.3) is 82.4 Å². The number of hydrogen-bond acceptors (Lipinski definition) is 1. The number of nitrogens with zero attached hydrogens (tertiary/aromatic N) is 2. The van der Waals surface area contributed by atoms with E-state index in [0.29, 0.717) is 0 Å². The number of rotatable bonds is 7. The van der Waals surface area contributed by atoms with Crippen molar-refractivity contribution in [3.05, 3.63) is 231 Å². The van der Waals surface area contributed by atoms with E-state index in [1.807, 2.05) is 0 Å². The first-order valence-corrected chi connectivity index (χ1v) is 19.9. The van der Waals surface area contributed by atoms with E-state index in [1.54, 1.807) is 0 Å². The van der Waals surface area contributed by atoms with E-state index in [9.17, 15) is 0 Å². The largest absolute Gasteiger partial charge is 0.310 e. The molecule has 2 nitrogen and oxygen atoms in total. The molecule has 0 aliphatic heterocycles. The standard InChI is InChI=1S/C56H38N2/c1-2-14-42(15-3-1)50-23-11-17-43-18-12-24-51(56(43)50)45-19-10-20-48(38-45)57(49-36-31-39-13-4-5-16-44(39)37-49)46-32-27-40(28-33-46)41-29-34-47(35-30-41)58-54-25-8-6-21-52(54)53-22-7-9-26-55(53)58/h1-38H. The van der Waals surface area contributed by atoms with Crippen LogP contribution in [0.5, 0.6) is 0 Å². The van der Waals surface area contributed by atoms with Crippen LogP contribution in [-0.4, -0.2) is 4.57 Å². The highest BCUT2D eigenvalue weighted by Crippen LogP contribution is 2.42. The molecule has 0 saturated carbocycles. The molecule has 0 atom stereocenters. The van der Waals surface area contributed by atoms with Crippen LogP contribution in [0.3, 0.4) is 0 Å². The molecule has 10 aromatic carbocycles. The molecule has 1 aromatic heterocycles. The zero-order chi connectivity index (χ0) is 38.4. The Hall–Kier alpha value is -7.68. The summed E-state index contributed by atoms with van der Waals surface area (Å²) < 4.78 is 2.37. The lowest BCUT2D eigenvalue weighted by molar-refractivity contribution is 1.18. The van der Waals surface area contributed by atoms with Crippen LogP contribution in [0.1, 0.15) is 0 Å². The van der Waals surface area contributed by atoms with Gasteiger partial charge in [-0.3, -0.25) is 0 Å². The Morgan fingerprint density at radius 1 is 0.293 bits per heavy atom. The zero-order valence-electron chi connectivity index (χ0n) is 31.8. The van der Waals surface area contributed by atoms with E-state index in [1.165, 1.54) is 76.7 Å². The Balaban J connectivity index is 0.994. The van der Waals surface area contributed by atoms with Gasteiger partial charge in [0.15, 0.2) is 0 Å². The minimum Gasteiger partial charge on any atom is -0.310 e. The third kappa shape index (κ3) is 5.82. The highest BCUT2D eigenvalue weighted by atomic mass is 15.1. The number of benzene rings is 10. The molecule has 1 heterocycles. The first kappa shape index (κ1) is 33.6. The maximum absolute atomic E-state index is 2.38. The summed E-state index contributed by atoms with van der Waals surface area (Å²) in [4.78, 5) is 2.38. The second kappa shape index (κ2) is 14.1. The average Bonchev–Trinajstić information content (AvgIpc) is 3.64. The molecule has 0 fully saturated rings. The van der Waals surface area contributed by atoms with Crippen LogP contribution in [0.15, 0.2) is 231 Å². The monoisotopic (exact) mass is 738 g/mol. The maximum atomic E-state index is 2.38. The molecule has 0 N–H and O–H groups in total. The van der Waals surface area contributed by atoms with Crippen LogP contribution in [0.2, 0.25) is 0 Å². The van der Waals surface area contributed by atoms with E-state index in [4.69, 9.17) is 0 Å². The molecule has 0 aliphatic rings. The highest BCUT2D eigenvalue weighted by Gasteiger charge is 2.17. The highest BCUT2D eigenvalue weighted by molar-refractivity contribution is 6.09. The van der Waals surface area contributed by atoms with Crippen molar-refractivity contribution in [2.75, 3.05) is 4.90 Å². The molecule has 2 heteroatoms. The third-order valence-corrected chi connectivity index (χ3v) is 11.6. The second-order valence-corrected chi connectivity index (χ2v) is 15.0. The quantitative estimate of drug-likeness (QED) is 0.158. The Bertz CT molecular complexity index is 3210. The van der Waals surface area contributed by atoms with Crippen LogP contribution in [0.4, 0.5) is 17.1 Å². The van der Waals surface area contributed by atoms with Gasteiger partial charge in [-0.1, -0.05) is 170 Å². The topological polar surface area (TPSA) is 8.17 Å². The third-order valence-electron chi connectivity index (χ3n) is 11.6. The van der Waals surface area contributed by atoms with E-state index < -0.39 is 0 Å². The second-order valence-electron chi connectivity index (χ2n) is 15.0. The molecule has 0 radical (unpaired) electrons. The SMILES string of the molecule is c1ccc(-c2cccc3cccc(-c4cccc(N(c5ccc(-c6ccc(-n7c8ccccc8c8ccccc87)cc6)cc5)c5ccc6ccccc6c5)c4)c23)cc1. The number of aromatic nitrogens is 1. The van der Waals surface area contributed by atoms with Gasteiger partial charge in [0.05, 0.1) is 11.0 Å². The summed E-state index contributed by atoms with van der Waals surface area (Å²) in [6.07, 6.45) is 0. The molecule has 0 saturated heterocycles. The van der Waals surface area contributed by atoms with Crippen molar-refractivity contribution in [2.24, 2.45) is 0 Å². The van der Waals surface area contributed by atoms with Gasteiger partial charge in [-0.2, -0.15) is 0 Å². The van der Waals surface area contributed by atoms with Gasteiger partial charge in [0, 0.05) is 33.5 Å². The van der Waals surface area contributed by atoms with Gasteiger partial charge in [0.25, 0.3) is 0 Å². The minimum absolute atomic E-state index is 1.10. The lowest BCUT2D eigenvalue weighted by atomic mass is 9.91. The summed E-state index contributed by atoms with van der Waals surface area (Å²) in [5.74, 6) is 0. The van der Waals surface area contributed by atoms with Crippen LogP contribution in [0, 0.1) is 0 Å². The average molecular weight is 739 g/mol. The number of fused-ring (bicyclic) bond motifs is 5. The summed E-state index contributed by atoms with van der Waals surface area (Å²) in [5.41, 5.74) is 14.1. The molecule has 0 spiro atoms. The maximum Gasteiger partial charge on any atom is 0.0541 e. The molecule has 11 aromatic rings. The Morgan fingerprint density at radius 2 is 0.810 bits per heavy atom. The molecular weight excluding hydrogens is 701 g/mol. The van der Waals surface area contributed by atoms with E-state index in [-0.39, 0.29) is 0 Å². The Kier molecular flexibility index (Phi) is 8.19. The summed E-state index contributed by atoms with van der Waals surface area (Å²) in [5, 5.41) is 7.47. The first-order valence-electron chi connectivity index (χ1n) is 19.9. The number of para-hydroxylation sites is 2. The Labute approximate surface area is 338 Å². The van der Waals surface area contributed by atoms with Crippen molar-refractivity contribution in [1.82, 2.24) is 4.57 Å². The van der Waals surface area contributed by atoms with Gasteiger partial charge in [0.1, 0.15) is 0 Å². The van der Waals surface area contributed by atoms with Crippen molar-refractivity contribution in [3.63, 3.8) is 0 Å². The molecule has 272 valence electrons. The molecule has 0 amide bonds.